The number of ether oxygens (including phenoxy) is 1. The van der Waals surface area contributed by atoms with E-state index in [2.05, 4.69) is 4.98 Å². The van der Waals surface area contributed by atoms with Gasteiger partial charge in [-0.3, -0.25) is 14.6 Å². The highest BCUT2D eigenvalue weighted by molar-refractivity contribution is 5.89. The summed E-state index contributed by atoms with van der Waals surface area (Å²) in [7, 11) is 1.41. The van der Waals surface area contributed by atoms with Gasteiger partial charge in [-0.1, -0.05) is 19.1 Å². The first-order valence-electron chi connectivity index (χ1n) is 8.64. The Hall–Kier alpha value is -2.83. The van der Waals surface area contributed by atoms with E-state index in [-0.39, 0.29) is 11.8 Å². The van der Waals surface area contributed by atoms with E-state index in [0.717, 1.165) is 12.0 Å². The number of likely N-dealkylation sites (tertiary alicyclic amines) is 1. The zero-order chi connectivity index (χ0) is 19.6. The average Bonchev–Trinajstić information content (AvgIpc) is 2.99. The molecule has 3 rings (SSSR count). The van der Waals surface area contributed by atoms with Gasteiger partial charge in [0.2, 0.25) is 5.91 Å². The molecule has 0 bridgehead atoms. The summed E-state index contributed by atoms with van der Waals surface area (Å²) in [6.45, 7) is 2.99. The maximum Gasteiger partial charge on any atom is 0.280 e. The number of carbonyl (C=O) groups excluding carboxylic acids is 2. The number of amides is 1. The van der Waals surface area contributed by atoms with Crippen LogP contribution in [0.25, 0.3) is 11.1 Å². The van der Waals surface area contributed by atoms with Gasteiger partial charge < -0.3 is 9.64 Å². The van der Waals surface area contributed by atoms with Crippen molar-refractivity contribution in [3.05, 3.63) is 47.3 Å². The molecule has 0 radical (unpaired) electrons. The van der Waals surface area contributed by atoms with Gasteiger partial charge in [0.05, 0.1) is 13.3 Å². The Kier molecular flexibility index (Phi) is 5.48. The van der Waals surface area contributed by atoms with Crippen LogP contribution in [0.15, 0.2) is 30.5 Å². The number of methoxy groups -OCH3 is 1. The minimum Gasteiger partial charge on any atom is -0.494 e. The predicted octanol–water partition coefficient (Wildman–Crippen LogP) is 3.88. The van der Waals surface area contributed by atoms with Crippen molar-refractivity contribution < 1.29 is 23.1 Å². The Morgan fingerprint density at radius 1 is 1.33 bits per heavy atom. The SMILES string of the molecule is COc1cnc(C(F)F)cc1-c1cc(CN2CCC(C)C2=O)ccc1C=O. The van der Waals surface area contributed by atoms with Gasteiger partial charge in [-0.2, -0.15) is 0 Å². The third-order valence-corrected chi connectivity index (χ3v) is 4.81. The molecule has 2 aromatic rings. The lowest BCUT2D eigenvalue weighted by molar-refractivity contribution is -0.131. The van der Waals surface area contributed by atoms with Gasteiger partial charge >= 0.3 is 0 Å². The minimum absolute atomic E-state index is 0.00705. The van der Waals surface area contributed by atoms with E-state index in [1.165, 1.54) is 19.4 Å². The van der Waals surface area contributed by atoms with E-state index >= 15 is 0 Å². The van der Waals surface area contributed by atoms with Crippen molar-refractivity contribution in [3.63, 3.8) is 0 Å². The fraction of sp³-hybridized carbons (Fsp3) is 0.350. The van der Waals surface area contributed by atoms with Crippen LogP contribution in [0.1, 0.15) is 41.4 Å². The van der Waals surface area contributed by atoms with Crippen LogP contribution in [0.5, 0.6) is 5.75 Å². The highest BCUT2D eigenvalue weighted by Crippen LogP contribution is 2.35. The van der Waals surface area contributed by atoms with E-state index in [1.54, 1.807) is 23.1 Å². The minimum atomic E-state index is -2.73. The van der Waals surface area contributed by atoms with Crippen molar-refractivity contribution in [3.8, 4) is 16.9 Å². The third kappa shape index (κ3) is 3.82. The molecule has 7 heteroatoms. The molecule has 0 N–H and O–H groups in total. The topological polar surface area (TPSA) is 59.5 Å². The number of alkyl halides is 2. The van der Waals surface area contributed by atoms with Crippen LogP contribution in [0, 0.1) is 5.92 Å². The zero-order valence-corrected chi connectivity index (χ0v) is 15.1. The lowest BCUT2D eigenvalue weighted by Crippen LogP contribution is -2.26. The van der Waals surface area contributed by atoms with Gasteiger partial charge in [0.25, 0.3) is 6.43 Å². The molecular formula is C20H20F2N2O3. The van der Waals surface area contributed by atoms with Crippen LogP contribution in [0.2, 0.25) is 0 Å². The number of halogens is 2. The molecule has 27 heavy (non-hydrogen) atoms. The molecule has 0 spiro atoms. The lowest BCUT2D eigenvalue weighted by atomic mass is 9.97. The highest BCUT2D eigenvalue weighted by Gasteiger charge is 2.28. The van der Waals surface area contributed by atoms with Crippen molar-refractivity contribution >= 4 is 12.2 Å². The Bertz CT molecular complexity index is 870. The number of aromatic nitrogens is 1. The number of carbonyl (C=O) groups is 2. The van der Waals surface area contributed by atoms with Crippen LogP contribution in [0.4, 0.5) is 8.78 Å². The van der Waals surface area contributed by atoms with E-state index < -0.39 is 12.1 Å². The molecule has 0 saturated carbocycles. The molecule has 142 valence electrons. The molecule has 1 fully saturated rings. The van der Waals surface area contributed by atoms with E-state index in [4.69, 9.17) is 4.74 Å². The van der Waals surface area contributed by atoms with Crippen molar-refractivity contribution in [1.82, 2.24) is 9.88 Å². The number of nitrogens with zero attached hydrogens (tertiary/aromatic N) is 2. The summed E-state index contributed by atoms with van der Waals surface area (Å²) in [5.74, 6) is 0.399. The Balaban J connectivity index is 2.03. The van der Waals surface area contributed by atoms with Gasteiger partial charge in [-0.25, -0.2) is 8.78 Å². The quantitative estimate of drug-likeness (QED) is 0.720. The Morgan fingerprint density at radius 2 is 2.11 bits per heavy atom. The molecule has 1 saturated heterocycles. The molecule has 1 aliphatic rings. The highest BCUT2D eigenvalue weighted by atomic mass is 19.3. The maximum atomic E-state index is 13.1. The molecule has 1 aromatic carbocycles. The summed E-state index contributed by atoms with van der Waals surface area (Å²) in [4.78, 5) is 29.1. The summed E-state index contributed by atoms with van der Waals surface area (Å²) in [5, 5.41) is 0. The standard InChI is InChI=1S/C20H20F2N2O3/c1-12-5-6-24(20(12)26)10-13-3-4-14(11-25)15(7-13)16-8-17(19(21)22)23-9-18(16)27-2/h3-4,7-9,11-12,19H,5-6,10H2,1-2H3. The van der Waals surface area contributed by atoms with Crippen LogP contribution >= 0.6 is 0 Å². The molecule has 1 atom stereocenters. The maximum absolute atomic E-state index is 13.1. The summed E-state index contributed by atoms with van der Waals surface area (Å²) >= 11 is 0. The number of hydrogen-bond acceptors (Lipinski definition) is 4. The number of hydrogen-bond donors (Lipinski definition) is 0. The summed E-state index contributed by atoms with van der Waals surface area (Å²) in [6.07, 6.45) is -0.0247. The second-order valence-electron chi connectivity index (χ2n) is 6.60. The molecule has 1 aliphatic heterocycles. The van der Waals surface area contributed by atoms with Crippen LogP contribution in [-0.4, -0.2) is 35.7 Å². The second-order valence-corrected chi connectivity index (χ2v) is 6.60. The molecule has 5 nitrogen and oxygen atoms in total. The van der Waals surface area contributed by atoms with Gasteiger partial charge in [-0.05, 0) is 29.7 Å². The van der Waals surface area contributed by atoms with E-state index in [1.807, 2.05) is 6.92 Å². The van der Waals surface area contributed by atoms with Crippen molar-refractivity contribution in [2.45, 2.75) is 26.3 Å². The normalized spacial score (nSPS) is 16.9. The zero-order valence-electron chi connectivity index (χ0n) is 15.1. The van der Waals surface area contributed by atoms with Gasteiger partial charge in [0.15, 0.2) is 6.29 Å². The third-order valence-electron chi connectivity index (χ3n) is 4.81. The first-order valence-corrected chi connectivity index (χ1v) is 8.64. The molecular weight excluding hydrogens is 354 g/mol. The predicted molar refractivity (Wildman–Crippen MR) is 95.8 cm³/mol. The summed E-state index contributed by atoms with van der Waals surface area (Å²) < 4.78 is 31.4. The second kappa shape index (κ2) is 7.82. The number of benzene rings is 1. The molecule has 1 aromatic heterocycles. The van der Waals surface area contributed by atoms with Crippen LogP contribution < -0.4 is 4.74 Å². The number of pyridine rings is 1. The largest absolute Gasteiger partial charge is 0.494 e. The van der Waals surface area contributed by atoms with E-state index in [0.29, 0.717) is 41.8 Å². The fourth-order valence-electron chi connectivity index (χ4n) is 3.26. The van der Waals surface area contributed by atoms with Crippen molar-refractivity contribution in [2.75, 3.05) is 13.7 Å². The average molecular weight is 374 g/mol. The van der Waals surface area contributed by atoms with Gasteiger partial charge in [0, 0.05) is 30.1 Å². The van der Waals surface area contributed by atoms with Crippen LogP contribution in [-0.2, 0) is 11.3 Å². The summed E-state index contributed by atoms with van der Waals surface area (Å²) in [6, 6.07) is 6.38. The van der Waals surface area contributed by atoms with Crippen molar-refractivity contribution in [2.24, 2.45) is 5.92 Å². The fourth-order valence-corrected chi connectivity index (χ4v) is 3.26. The first kappa shape index (κ1) is 18.9. The monoisotopic (exact) mass is 374 g/mol. The molecule has 1 unspecified atom stereocenters. The number of aldehydes is 1. The Labute approximate surface area is 156 Å². The molecule has 2 heterocycles. The summed E-state index contributed by atoms with van der Waals surface area (Å²) in [5.41, 5.74) is 1.62. The van der Waals surface area contributed by atoms with Gasteiger partial charge in [0.1, 0.15) is 11.4 Å². The number of rotatable bonds is 6. The molecule has 1 amide bonds. The Morgan fingerprint density at radius 3 is 2.70 bits per heavy atom. The first-order chi connectivity index (χ1) is 12.9. The lowest BCUT2D eigenvalue weighted by Gasteiger charge is -2.18. The van der Waals surface area contributed by atoms with Crippen molar-refractivity contribution in [1.29, 1.82) is 0 Å². The van der Waals surface area contributed by atoms with E-state index in [9.17, 15) is 18.4 Å². The van der Waals surface area contributed by atoms with Crippen LogP contribution in [0.3, 0.4) is 0 Å². The smallest absolute Gasteiger partial charge is 0.280 e. The molecule has 0 aliphatic carbocycles. The van der Waals surface area contributed by atoms with Gasteiger partial charge in [-0.15, -0.1) is 0 Å².